The second-order valence-electron chi connectivity index (χ2n) is 10.1. The number of hydrogen-bond acceptors (Lipinski definition) is 3. The van der Waals surface area contributed by atoms with Crippen molar-refractivity contribution in [3.63, 3.8) is 0 Å². The molecule has 0 bridgehead atoms. The number of halogens is 1. The molecule has 0 saturated heterocycles. The molecule has 0 saturated carbocycles. The van der Waals surface area contributed by atoms with Gasteiger partial charge in [-0.25, -0.2) is 0 Å². The van der Waals surface area contributed by atoms with Crippen molar-refractivity contribution < 1.29 is 17.8 Å². The highest BCUT2D eigenvalue weighted by atomic mass is 35.5. The Kier molecular flexibility index (Phi) is 22.8. The van der Waals surface area contributed by atoms with Crippen LogP contribution in [0.1, 0.15) is 131 Å². The van der Waals surface area contributed by atoms with E-state index in [0.717, 1.165) is 36.5 Å². The predicted molar refractivity (Wildman–Crippen MR) is 152 cm³/mol. The molecule has 4 nitrogen and oxygen atoms in total. The number of quaternary nitrogens is 1. The van der Waals surface area contributed by atoms with Crippen molar-refractivity contribution in [2.24, 2.45) is 0 Å². The van der Waals surface area contributed by atoms with Gasteiger partial charge in [-0.2, -0.15) is 0 Å². The third-order valence-corrected chi connectivity index (χ3v) is 11.0. The summed E-state index contributed by atoms with van der Waals surface area (Å²) >= 11 is 6.95. The molecule has 0 aliphatic carbocycles. The van der Waals surface area contributed by atoms with Crippen molar-refractivity contribution in [2.75, 3.05) is 40.0 Å². The van der Waals surface area contributed by atoms with Crippen LogP contribution in [0.15, 0.2) is 0 Å². The van der Waals surface area contributed by atoms with Crippen molar-refractivity contribution in [3.05, 3.63) is 0 Å². The second kappa shape index (κ2) is 22.5. The van der Waals surface area contributed by atoms with Gasteiger partial charge in [0.05, 0.1) is 20.1 Å². The van der Waals surface area contributed by atoms with E-state index in [1.807, 2.05) is 20.8 Å². The van der Waals surface area contributed by atoms with Crippen LogP contribution in [-0.4, -0.2) is 58.7 Å². The van der Waals surface area contributed by atoms with Crippen LogP contribution < -0.4 is 0 Å². The first kappa shape index (κ1) is 34.3. The topological polar surface area (TPSA) is 27.7 Å². The van der Waals surface area contributed by atoms with Crippen LogP contribution in [0.5, 0.6) is 0 Å². The molecule has 0 aromatic carbocycles. The molecule has 6 heteroatoms. The first-order valence-electron chi connectivity index (χ1n) is 14.8. The first-order valence-corrected chi connectivity index (χ1v) is 17.2. The summed E-state index contributed by atoms with van der Waals surface area (Å²) in [4.78, 5) is 0. The molecule has 0 fully saturated rings. The van der Waals surface area contributed by atoms with E-state index >= 15 is 0 Å². The fourth-order valence-corrected chi connectivity index (χ4v) is 7.78. The fraction of sp³-hybridized carbons (Fsp3) is 1.00. The van der Waals surface area contributed by atoms with Crippen LogP contribution in [0.25, 0.3) is 0 Å². The Labute approximate surface area is 220 Å². The highest BCUT2D eigenvalue weighted by Crippen LogP contribution is 2.25. The lowest BCUT2D eigenvalue weighted by Gasteiger charge is -2.38. The maximum absolute atomic E-state index is 6.95. The SMILES string of the molecule is CCCCCCCCCCCCCCCC(Cl)[N+](C)(CC)CCC[Si](OCC)(OCC)OCC. The van der Waals surface area contributed by atoms with Crippen LogP contribution in [0.2, 0.25) is 6.04 Å². The van der Waals surface area contributed by atoms with E-state index < -0.39 is 8.80 Å². The molecule has 206 valence electrons. The molecule has 0 spiro atoms. The van der Waals surface area contributed by atoms with Gasteiger partial charge < -0.3 is 17.8 Å². The fourth-order valence-electron chi connectivity index (χ4n) is 4.80. The molecule has 0 radical (unpaired) electrons. The van der Waals surface area contributed by atoms with Gasteiger partial charge in [-0.15, -0.1) is 0 Å². The molecule has 0 aliphatic heterocycles. The van der Waals surface area contributed by atoms with Crippen LogP contribution in [0, 0.1) is 0 Å². The van der Waals surface area contributed by atoms with E-state index in [0.29, 0.717) is 19.8 Å². The number of nitrogens with zero attached hydrogens (tertiary/aromatic N) is 1. The summed E-state index contributed by atoms with van der Waals surface area (Å²) in [6.07, 6.45) is 20.2. The standard InChI is InChI=1S/C28H61ClNO3Si/c1-7-12-13-14-15-16-17-18-19-20-21-22-23-25-28(29)30(6,8-2)26-24-27-34(31-9-3,32-10-4)33-11-5/h28H,7-27H2,1-6H3/q+1. The third-order valence-electron chi connectivity index (χ3n) is 7.19. The smallest absolute Gasteiger partial charge is 0.374 e. The van der Waals surface area contributed by atoms with Gasteiger partial charge in [0.15, 0.2) is 5.50 Å². The minimum absolute atomic E-state index is 0.181. The van der Waals surface area contributed by atoms with Crippen molar-refractivity contribution in [1.29, 1.82) is 0 Å². The zero-order valence-corrected chi connectivity index (χ0v) is 25.7. The van der Waals surface area contributed by atoms with E-state index in [1.165, 1.54) is 83.5 Å². The van der Waals surface area contributed by atoms with Gasteiger partial charge in [0.1, 0.15) is 0 Å². The zero-order valence-electron chi connectivity index (χ0n) is 24.0. The monoisotopic (exact) mass is 522 g/mol. The molecule has 0 N–H and O–H groups in total. The van der Waals surface area contributed by atoms with Gasteiger partial charge in [0.25, 0.3) is 0 Å². The molecule has 0 rings (SSSR count). The lowest BCUT2D eigenvalue weighted by Crippen LogP contribution is -2.52. The van der Waals surface area contributed by atoms with Crippen molar-refractivity contribution in [1.82, 2.24) is 0 Å². The number of rotatable bonds is 26. The lowest BCUT2D eigenvalue weighted by atomic mass is 10.0. The second-order valence-corrected chi connectivity index (χ2v) is 13.3. The minimum Gasteiger partial charge on any atom is -0.374 e. The van der Waals surface area contributed by atoms with Gasteiger partial charge in [0, 0.05) is 38.7 Å². The summed E-state index contributed by atoms with van der Waals surface area (Å²) in [7, 11) is -0.246. The normalized spacial score (nSPS) is 14.9. The van der Waals surface area contributed by atoms with Gasteiger partial charge in [0.2, 0.25) is 0 Å². The van der Waals surface area contributed by atoms with Crippen molar-refractivity contribution in [3.8, 4) is 0 Å². The maximum Gasteiger partial charge on any atom is 0.501 e. The number of unbranched alkanes of at least 4 members (excludes halogenated alkanes) is 12. The predicted octanol–water partition coefficient (Wildman–Crippen LogP) is 8.94. The van der Waals surface area contributed by atoms with Crippen molar-refractivity contribution >= 4 is 20.4 Å². The average molecular weight is 523 g/mol. The highest BCUT2D eigenvalue weighted by molar-refractivity contribution is 6.60. The Bertz CT molecular complexity index is 427. The van der Waals surface area contributed by atoms with Crippen molar-refractivity contribution in [2.45, 2.75) is 142 Å². The number of hydrogen-bond donors (Lipinski definition) is 0. The van der Waals surface area contributed by atoms with Gasteiger partial charge in [-0.1, -0.05) is 95.6 Å². The molecule has 2 atom stereocenters. The largest absolute Gasteiger partial charge is 0.501 e. The summed E-state index contributed by atoms with van der Waals surface area (Å²) < 4.78 is 19.0. The first-order chi connectivity index (χ1) is 16.4. The summed E-state index contributed by atoms with van der Waals surface area (Å²) in [6, 6.07) is 0.874. The molecule has 34 heavy (non-hydrogen) atoms. The Hall–Kier alpha value is 0.347. The average Bonchev–Trinajstić information content (AvgIpc) is 2.82. The van der Waals surface area contributed by atoms with Crippen LogP contribution in [0.4, 0.5) is 0 Å². The molecule has 0 aromatic rings. The Balaban J connectivity index is 4.09. The quantitative estimate of drug-likeness (QED) is 0.0373. The Morgan fingerprint density at radius 3 is 1.41 bits per heavy atom. The molecule has 0 aliphatic rings. The van der Waals surface area contributed by atoms with E-state index in [4.69, 9.17) is 24.9 Å². The molecular formula is C28H61ClNO3Si+. The highest BCUT2D eigenvalue weighted by Gasteiger charge is 2.41. The lowest BCUT2D eigenvalue weighted by molar-refractivity contribution is -0.919. The summed E-state index contributed by atoms with van der Waals surface area (Å²) in [5.41, 5.74) is 0.181. The van der Waals surface area contributed by atoms with Gasteiger partial charge >= 0.3 is 8.80 Å². The molecule has 0 aromatic heterocycles. The maximum atomic E-state index is 6.95. The van der Waals surface area contributed by atoms with E-state index in [2.05, 4.69) is 20.9 Å². The molecule has 2 unspecified atom stereocenters. The summed E-state index contributed by atoms with van der Waals surface area (Å²) in [5, 5.41) is 0. The third kappa shape index (κ3) is 16.2. The number of alkyl halides is 1. The summed E-state index contributed by atoms with van der Waals surface area (Å²) in [5.74, 6) is 0. The van der Waals surface area contributed by atoms with E-state index in [9.17, 15) is 0 Å². The van der Waals surface area contributed by atoms with Crippen LogP contribution in [0.3, 0.4) is 0 Å². The Morgan fingerprint density at radius 2 is 1.03 bits per heavy atom. The van der Waals surface area contributed by atoms with Crippen LogP contribution in [-0.2, 0) is 13.3 Å². The minimum atomic E-state index is -2.56. The van der Waals surface area contributed by atoms with Gasteiger partial charge in [-0.05, 0) is 34.1 Å². The molecular weight excluding hydrogens is 462 g/mol. The van der Waals surface area contributed by atoms with E-state index in [1.54, 1.807) is 0 Å². The zero-order chi connectivity index (χ0) is 25.5. The Morgan fingerprint density at radius 1 is 0.618 bits per heavy atom. The van der Waals surface area contributed by atoms with Gasteiger partial charge in [-0.3, -0.25) is 0 Å². The van der Waals surface area contributed by atoms with Crippen LogP contribution >= 0.6 is 11.6 Å². The van der Waals surface area contributed by atoms with E-state index in [-0.39, 0.29) is 5.50 Å². The molecule has 0 amide bonds. The molecule has 0 heterocycles. The summed E-state index contributed by atoms with van der Waals surface area (Å²) in [6.45, 7) is 14.7.